The van der Waals surface area contributed by atoms with Gasteiger partial charge in [-0.05, 0) is 24.0 Å². The molecule has 2 heteroatoms. The standard InChI is InChI=1S/C10H14.ClH.H3N/c1-3-9-7-5-6-8-10(9)4-2;;/h5-8H,3-4H2,1-2H3;1H;1H3. The maximum absolute atomic E-state index is 2.21. The molecule has 0 atom stereocenters. The molecular formula is C10H18ClN. The van der Waals surface area contributed by atoms with Crippen molar-refractivity contribution in [1.82, 2.24) is 6.15 Å². The zero-order chi connectivity index (χ0) is 7.40. The van der Waals surface area contributed by atoms with Gasteiger partial charge < -0.3 is 6.15 Å². The van der Waals surface area contributed by atoms with Crippen LogP contribution >= 0.6 is 12.4 Å². The average molecular weight is 188 g/mol. The minimum Gasteiger partial charge on any atom is -0.344 e. The first kappa shape index (κ1) is 14.0. The Bertz CT molecular complexity index is 188. The van der Waals surface area contributed by atoms with E-state index < -0.39 is 0 Å². The van der Waals surface area contributed by atoms with Gasteiger partial charge in [0.25, 0.3) is 0 Å². The van der Waals surface area contributed by atoms with Gasteiger partial charge in [0.05, 0.1) is 0 Å². The fraction of sp³-hybridized carbons (Fsp3) is 0.400. The van der Waals surface area contributed by atoms with E-state index in [1.54, 1.807) is 0 Å². The Morgan fingerprint density at radius 1 is 0.917 bits per heavy atom. The Morgan fingerprint density at radius 2 is 1.25 bits per heavy atom. The van der Waals surface area contributed by atoms with Crippen LogP contribution in [0.15, 0.2) is 24.3 Å². The summed E-state index contributed by atoms with van der Waals surface area (Å²) in [5.41, 5.74) is 2.98. The Kier molecular flexibility index (Phi) is 8.34. The van der Waals surface area contributed by atoms with Crippen molar-refractivity contribution in [2.75, 3.05) is 0 Å². The van der Waals surface area contributed by atoms with Crippen LogP contribution in [0.25, 0.3) is 0 Å². The molecule has 12 heavy (non-hydrogen) atoms. The zero-order valence-electron chi connectivity index (χ0n) is 7.84. The predicted molar refractivity (Wildman–Crippen MR) is 57.5 cm³/mol. The summed E-state index contributed by atoms with van der Waals surface area (Å²) < 4.78 is 0. The lowest BCUT2D eigenvalue weighted by Gasteiger charge is -2.02. The van der Waals surface area contributed by atoms with Gasteiger partial charge in [-0.2, -0.15) is 0 Å². The fourth-order valence-corrected chi connectivity index (χ4v) is 1.25. The average Bonchev–Trinajstić information content (AvgIpc) is 2.04. The number of hydrogen-bond donors (Lipinski definition) is 1. The second-order valence-corrected chi connectivity index (χ2v) is 2.48. The van der Waals surface area contributed by atoms with E-state index in [2.05, 4.69) is 38.1 Å². The van der Waals surface area contributed by atoms with Crippen LogP contribution in [0, 0.1) is 0 Å². The van der Waals surface area contributed by atoms with Crippen molar-refractivity contribution in [2.24, 2.45) is 0 Å². The van der Waals surface area contributed by atoms with Gasteiger partial charge in [0.2, 0.25) is 0 Å². The molecule has 0 aliphatic rings. The molecule has 1 rings (SSSR count). The van der Waals surface area contributed by atoms with Gasteiger partial charge in [0.1, 0.15) is 0 Å². The molecule has 1 nitrogen and oxygen atoms in total. The summed E-state index contributed by atoms with van der Waals surface area (Å²) in [6, 6.07) is 8.63. The summed E-state index contributed by atoms with van der Waals surface area (Å²) in [6.45, 7) is 4.41. The van der Waals surface area contributed by atoms with E-state index in [0.29, 0.717) is 0 Å². The van der Waals surface area contributed by atoms with Crippen molar-refractivity contribution in [3.05, 3.63) is 35.4 Å². The summed E-state index contributed by atoms with van der Waals surface area (Å²) in [7, 11) is 0. The molecule has 0 aliphatic carbocycles. The molecule has 0 radical (unpaired) electrons. The van der Waals surface area contributed by atoms with Crippen LogP contribution in [0.4, 0.5) is 0 Å². The van der Waals surface area contributed by atoms with Crippen LogP contribution in [0.2, 0.25) is 0 Å². The number of aryl methyl sites for hydroxylation is 2. The first-order valence-corrected chi connectivity index (χ1v) is 3.95. The van der Waals surface area contributed by atoms with Crippen molar-refractivity contribution in [1.29, 1.82) is 0 Å². The predicted octanol–water partition coefficient (Wildman–Crippen LogP) is 3.40. The lowest BCUT2D eigenvalue weighted by Crippen LogP contribution is -1.88. The van der Waals surface area contributed by atoms with E-state index >= 15 is 0 Å². The first-order valence-electron chi connectivity index (χ1n) is 3.95. The molecule has 0 saturated carbocycles. The van der Waals surface area contributed by atoms with Crippen molar-refractivity contribution < 1.29 is 0 Å². The van der Waals surface area contributed by atoms with Crippen molar-refractivity contribution >= 4 is 12.4 Å². The molecule has 0 heterocycles. The molecule has 0 spiro atoms. The zero-order valence-corrected chi connectivity index (χ0v) is 8.66. The van der Waals surface area contributed by atoms with E-state index in [0.717, 1.165) is 12.8 Å². The summed E-state index contributed by atoms with van der Waals surface area (Å²) >= 11 is 0. The second-order valence-electron chi connectivity index (χ2n) is 2.48. The smallest absolute Gasteiger partial charge is 0.0305 e. The lowest BCUT2D eigenvalue weighted by molar-refractivity contribution is 1.04. The largest absolute Gasteiger partial charge is 0.344 e. The third kappa shape index (κ3) is 3.24. The van der Waals surface area contributed by atoms with Crippen LogP contribution in [0.1, 0.15) is 25.0 Å². The molecule has 0 unspecified atom stereocenters. The Morgan fingerprint density at radius 3 is 1.50 bits per heavy atom. The highest BCUT2D eigenvalue weighted by atomic mass is 35.5. The Balaban J connectivity index is 0. The third-order valence-electron chi connectivity index (χ3n) is 1.88. The Hall–Kier alpha value is -0.530. The second kappa shape index (κ2) is 7.14. The quantitative estimate of drug-likeness (QED) is 0.757. The Labute approximate surface area is 81.2 Å². The van der Waals surface area contributed by atoms with Crippen LogP contribution in [-0.4, -0.2) is 0 Å². The molecule has 1 aromatic carbocycles. The van der Waals surface area contributed by atoms with Gasteiger partial charge in [-0.25, -0.2) is 0 Å². The first-order chi connectivity index (χ1) is 4.88. The maximum atomic E-state index is 2.21. The monoisotopic (exact) mass is 187 g/mol. The van der Waals surface area contributed by atoms with E-state index in [1.807, 2.05) is 0 Å². The summed E-state index contributed by atoms with van der Waals surface area (Å²) in [4.78, 5) is 0. The third-order valence-corrected chi connectivity index (χ3v) is 1.88. The molecule has 0 saturated heterocycles. The van der Waals surface area contributed by atoms with E-state index in [9.17, 15) is 0 Å². The highest BCUT2D eigenvalue weighted by Gasteiger charge is 1.93. The van der Waals surface area contributed by atoms with Gasteiger partial charge in [0.15, 0.2) is 0 Å². The van der Waals surface area contributed by atoms with Gasteiger partial charge in [-0.3, -0.25) is 0 Å². The van der Waals surface area contributed by atoms with Gasteiger partial charge in [-0.1, -0.05) is 38.1 Å². The minimum atomic E-state index is 0. The summed E-state index contributed by atoms with van der Waals surface area (Å²) in [5.74, 6) is 0. The van der Waals surface area contributed by atoms with Crippen LogP contribution in [0.3, 0.4) is 0 Å². The number of rotatable bonds is 2. The molecule has 0 amide bonds. The fourth-order valence-electron chi connectivity index (χ4n) is 1.25. The maximum Gasteiger partial charge on any atom is -0.0305 e. The summed E-state index contributed by atoms with van der Waals surface area (Å²) in [6.07, 6.45) is 2.31. The highest BCUT2D eigenvalue weighted by Crippen LogP contribution is 2.08. The minimum absolute atomic E-state index is 0. The molecule has 3 N–H and O–H groups in total. The molecule has 0 aromatic heterocycles. The van der Waals surface area contributed by atoms with Crippen molar-refractivity contribution in [3.63, 3.8) is 0 Å². The van der Waals surface area contributed by atoms with E-state index in [-0.39, 0.29) is 18.6 Å². The van der Waals surface area contributed by atoms with Gasteiger partial charge in [0, 0.05) is 0 Å². The normalized spacial score (nSPS) is 8.17. The van der Waals surface area contributed by atoms with Gasteiger partial charge >= 0.3 is 0 Å². The van der Waals surface area contributed by atoms with Gasteiger partial charge in [-0.15, -0.1) is 12.4 Å². The molecule has 0 aliphatic heterocycles. The van der Waals surface area contributed by atoms with Crippen LogP contribution in [0.5, 0.6) is 0 Å². The SMILES string of the molecule is CCc1ccccc1CC.Cl.N. The molecule has 70 valence electrons. The van der Waals surface area contributed by atoms with E-state index in [4.69, 9.17) is 0 Å². The molecular weight excluding hydrogens is 170 g/mol. The molecule has 1 aromatic rings. The highest BCUT2D eigenvalue weighted by molar-refractivity contribution is 5.85. The number of hydrogen-bond acceptors (Lipinski definition) is 1. The van der Waals surface area contributed by atoms with E-state index in [1.165, 1.54) is 11.1 Å². The summed E-state index contributed by atoms with van der Waals surface area (Å²) in [5, 5.41) is 0. The van der Waals surface area contributed by atoms with Crippen LogP contribution < -0.4 is 6.15 Å². The van der Waals surface area contributed by atoms with Crippen molar-refractivity contribution in [3.8, 4) is 0 Å². The van der Waals surface area contributed by atoms with Crippen molar-refractivity contribution in [2.45, 2.75) is 26.7 Å². The number of benzene rings is 1. The lowest BCUT2D eigenvalue weighted by atomic mass is 10.0. The topological polar surface area (TPSA) is 35.0 Å². The molecule has 0 bridgehead atoms. The molecule has 0 fully saturated rings. The number of halogens is 1. The van der Waals surface area contributed by atoms with Crippen LogP contribution in [-0.2, 0) is 12.8 Å².